The van der Waals surface area contributed by atoms with Crippen LogP contribution < -0.4 is 11.3 Å². The Labute approximate surface area is 153 Å². The molecule has 0 saturated heterocycles. The van der Waals surface area contributed by atoms with Crippen LogP contribution in [0.4, 0.5) is 5.82 Å². The predicted molar refractivity (Wildman–Crippen MR) is 103 cm³/mol. The highest BCUT2D eigenvalue weighted by Gasteiger charge is 2.15. The first-order valence-corrected chi connectivity index (χ1v) is 8.28. The molecule has 7 heteroatoms. The van der Waals surface area contributed by atoms with Crippen LogP contribution in [0, 0.1) is 6.92 Å². The molecule has 0 unspecified atom stereocenters. The second-order valence-corrected chi connectivity index (χ2v) is 6.27. The minimum atomic E-state index is -0.179. The van der Waals surface area contributed by atoms with Gasteiger partial charge in [-0.3, -0.25) is 14.3 Å². The molecule has 6 nitrogen and oxygen atoms in total. The summed E-state index contributed by atoms with van der Waals surface area (Å²) < 4.78 is 1.44. The van der Waals surface area contributed by atoms with Crippen molar-refractivity contribution in [3.8, 4) is 17.1 Å². The van der Waals surface area contributed by atoms with Gasteiger partial charge in [-0.05, 0) is 31.2 Å². The molecule has 128 valence electrons. The number of nitrogen functional groups attached to an aromatic ring is 1. The van der Waals surface area contributed by atoms with E-state index < -0.39 is 0 Å². The van der Waals surface area contributed by atoms with Crippen LogP contribution in [0.5, 0.6) is 0 Å². The summed E-state index contributed by atoms with van der Waals surface area (Å²) in [6, 6.07) is 11.0. The van der Waals surface area contributed by atoms with Gasteiger partial charge in [-0.15, -0.1) is 0 Å². The summed E-state index contributed by atoms with van der Waals surface area (Å²) in [5.41, 5.74) is 8.19. The highest BCUT2D eigenvalue weighted by molar-refractivity contribution is 6.35. The molecule has 3 heterocycles. The zero-order valence-electron chi connectivity index (χ0n) is 13.8. The van der Waals surface area contributed by atoms with Gasteiger partial charge in [0.15, 0.2) is 5.82 Å². The summed E-state index contributed by atoms with van der Waals surface area (Å²) in [5.74, 6) is 0.587. The fraction of sp³-hybridized carbons (Fsp3) is 0.0526. The summed E-state index contributed by atoms with van der Waals surface area (Å²) in [7, 11) is 0. The molecular formula is C19H14ClN5O. The Balaban J connectivity index is 2.02. The molecule has 26 heavy (non-hydrogen) atoms. The Kier molecular flexibility index (Phi) is 3.89. The molecule has 3 aromatic heterocycles. The molecular weight excluding hydrogens is 350 g/mol. The second-order valence-electron chi connectivity index (χ2n) is 5.87. The van der Waals surface area contributed by atoms with Gasteiger partial charge in [0.05, 0.1) is 16.7 Å². The lowest BCUT2D eigenvalue weighted by atomic mass is 10.1. The van der Waals surface area contributed by atoms with Crippen molar-refractivity contribution in [3.63, 3.8) is 0 Å². The third-order valence-electron chi connectivity index (χ3n) is 4.07. The van der Waals surface area contributed by atoms with Gasteiger partial charge in [0.1, 0.15) is 11.5 Å². The van der Waals surface area contributed by atoms with Gasteiger partial charge in [0.25, 0.3) is 5.56 Å². The lowest BCUT2D eigenvalue weighted by molar-refractivity contribution is 0.919. The number of halogens is 1. The molecule has 0 aliphatic carbocycles. The fourth-order valence-corrected chi connectivity index (χ4v) is 3.09. The predicted octanol–water partition coefficient (Wildman–Crippen LogP) is 3.39. The molecule has 1 aromatic carbocycles. The van der Waals surface area contributed by atoms with E-state index in [4.69, 9.17) is 17.3 Å². The zero-order chi connectivity index (χ0) is 18.3. The van der Waals surface area contributed by atoms with Crippen LogP contribution in [0.25, 0.3) is 28.0 Å². The summed E-state index contributed by atoms with van der Waals surface area (Å²) in [6.45, 7) is 1.75. The zero-order valence-corrected chi connectivity index (χ0v) is 14.6. The van der Waals surface area contributed by atoms with Crippen LogP contribution in [0.15, 0.2) is 59.8 Å². The van der Waals surface area contributed by atoms with Crippen LogP contribution in [0.1, 0.15) is 5.56 Å². The first kappa shape index (κ1) is 16.2. The first-order valence-electron chi connectivity index (χ1n) is 7.90. The van der Waals surface area contributed by atoms with Crippen LogP contribution in [0.3, 0.4) is 0 Å². The van der Waals surface area contributed by atoms with E-state index in [1.165, 1.54) is 10.8 Å². The average molecular weight is 364 g/mol. The van der Waals surface area contributed by atoms with E-state index in [0.29, 0.717) is 27.6 Å². The molecule has 0 saturated carbocycles. The van der Waals surface area contributed by atoms with E-state index in [2.05, 4.69) is 15.0 Å². The standard InChI is InChI=1S/C19H14ClN5O/c1-11-4-3-7-25(19(11)26)18-17(23-10-15(21)24-18)13-8-12-5-2-6-22-16(12)14(20)9-13/h2-10H,1H3,(H2,21,24). The number of benzene rings is 1. The summed E-state index contributed by atoms with van der Waals surface area (Å²) >= 11 is 6.39. The van der Waals surface area contributed by atoms with Crippen molar-refractivity contribution in [1.82, 2.24) is 19.5 Å². The number of nitrogens with two attached hydrogens (primary N) is 1. The SMILES string of the molecule is Cc1cccn(-c2nc(N)cnc2-c2cc(Cl)c3ncccc3c2)c1=O. The van der Waals surface area contributed by atoms with Gasteiger partial charge in [-0.2, -0.15) is 0 Å². The maximum atomic E-state index is 12.6. The van der Waals surface area contributed by atoms with Crippen LogP contribution >= 0.6 is 11.6 Å². The van der Waals surface area contributed by atoms with Gasteiger partial charge < -0.3 is 5.73 Å². The number of nitrogens with zero attached hydrogens (tertiary/aromatic N) is 4. The molecule has 4 aromatic rings. The first-order chi connectivity index (χ1) is 12.5. The third-order valence-corrected chi connectivity index (χ3v) is 4.36. The highest BCUT2D eigenvalue weighted by Crippen LogP contribution is 2.31. The molecule has 0 aliphatic rings. The van der Waals surface area contributed by atoms with Crippen LogP contribution in [-0.2, 0) is 0 Å². The fourth-order valence-electron chi connectivity index (χ4n) is 2.82. The van der Waals surface area contributed by atoms with Gasteiger partial charge in [0, 0.05) is 28.9 Å². The van der Waals surface area contributed by atoms with Gasteiger partial charge in [-0.1, -0.05) is 23.7 Å². The van der Waals surface area contributed by atoms with E-state index in [0.717, 1.165) is 10.9 Å². The van der Waals surface area contributed by atoms with Crippen molar-refractivity contribution in [1.29, 1.82) is 0 Å². The topological polar surface area (TPSA) is 86.7 Å². The number of rotatable bonds is 2. The molecule has 0 aliphatic heterocycles. The number of fused-ring (bicyclic) bond motifs is 1. The van der Waals surface area contributed by atoms with Crippen molar-refractivity contribution in [3.05, 3.63) is 75.9 Å². The quantitative estimate of drug-likeness (QED) is 0.590. The number of anilines is 1. The monoisotopic (exact) mass is 363 g/mol. The van der Waals surface area contributed by atoms with Gasteiger partial charge in [0.2, 0.25) is 0 Å². The largest absolute Gasteiger partial charge is 0.382 e. The molecule has 4 rings (SSSR count). The van der Waals surface area contributed by atoms with E-state index in [-0.39, 0.29) is 11.4 Å². The molecule has 2 N–H and O–H groups in total. The van der Waals surface area contributed by atoms with Crippen molar-refractivity contribution in [2.45, 2.75) is 6.92 Å². The number of pyridine rings is 2. The van der Waals surface area contributed by atoms with Crippen molar-refractivity contribution >= 4 is 28.3 Å². The lowest BCUT2D eigenvalue weighted by Crippen LogP contribution is -2.21. The molecule has 0 bridgehead atoms. The molecule has 0 fully saturated rings. The van der Waals surface area contributed by atoms with E-state index >= 15 is 0 Å². The Hall–Kier alpha value is -3.25. The van der Waals surface area contributed by atoms with E-state index in [9.17, 15) is 4.79 Å². The van der Waals surface area contributed by atoms with Gasteiger partial charge >= 0.3 is 0 Å². The Morgan fingerprint density at radius 3 is 2.85 bits per heavy atom. The molecule has 0 spiro atoms. The second kappa shape index (κ2) is 6.24. The Morgan fingerprint density at radius 1 is 1.15 bits per heavy atom. The number of aryl methyl sites for hydroxylation is 1. The summed E-state index contributed by atoms with van der Waals surface area (Å²) in [6.07, 6.45) is 4.79. The Bertz CT molecular complexity index is 1200. The van der Waals surface area contributed by atoms with Crippen molar-refractivity contribution in [2.24, 2.45) is 0 Å². The maximum absolute atomic E-state index is 12.6. The van der Waals surface area contributed by atoms with Crippen molar-refractivity contribution in [2.75, 3.05) is 5.73 Å². The number of hydrogen-bond acceptors (Lipinski definition) is 5. The number of hydrogen-bond donors (Lipinski definition) is 1. The smallest absolute Gasteiger partial charge is 0.259 e. The van der Waals surface area contributed by atoms with Gasteiger partial charge in [-0.25, -0.2) is 9.97 Å². The average Bonchev–Trinajstić information content (AvgIpc) is 2.64. The third kappa shape index (κ3) is 2.70. The molecule has 0 amide bonds. The van der Waals surface area contributed by atoms with Crippen LogP contribution in [-0.4, -0.2) is 19.5 Å². The normalized spacial score (nSPS) is 11.0. The summed E-state index contributed by atoms with van der Waals surface area (Å²) in [4.78, 5) is 25.6. The van der Waals surface area contributed by atoms with Crippen molar-refractivity contribution < 1.29 is 0 Å². The van der Waals surface area contributed by atoms with E-state index in [1.807, 2.05) is 18.2 Å². The number of aromatic nitrogens is 4. The minimum absolute atomic E-state index is 0.179. The Morgan fingerprint density at radius 2 is 2.00 bits per heavy atom. The lowest BCUT2D eigenvalue weighted by Gasteiger charge is -2.12. The highest BCUT2D eigenvalue weighted by atomic mass is 35.5. The van der Waals surface area contributed by atoms with Crippen LogP contribution in [0.2, 0.25) is 5.02 Å². The molecule has 0 radical (unpaired) electrons. The maximum Gasteiger partial charge on any atom is 0.259 e. The van der Waals surface area contributed by atoms with E-state index in [1.54, 1.807) is 37.5 Å². The summed E-state index contributed by atoms with van der Waals surface area (Å²) in [5, 5.41) is 1.37. The molecule has 0 atom stereocenters. The minimum Gasteiger partial charge on any atom is -0.382 e.